The Balaban J connectivity index is 3.43. The van der Waals surface area contributed by atoms with Gasteiger partial charge in [-0.15, -0.1) is 0 Å². The molecule has 0 aliphatic heterocycles. The van der Waals surface area contributed by atoms with Crippen molar-refractivity contribution in [1.29, 1.82) is 0 Å². The van der Waals surface area contributed by atoms with Gasteiger partial charge in [0, 0.05) is 19.5 Å². The van der Waals surface area contributed by atoms with Crippen LogP contribution in [0, 0.1) is 5.92 Å². The van der Waals surface area contributed by atoms with E-state index in [1.54, 1.807) is 0 Å². The van der Waals surface area contributed by atoms with Crippen LogP contribution in [0.5, 0.6) is 0 Å². The lowest BCUT2D eigenvalue weighted by Crippen LogP contribution is -2.33. The van der Waals surface area contributed by atoms with Gasteiger partial charge in [0.05, 0.1) is 0 Å². The standard InChI is InChI=1S/C10H23N3O/c1-9(7-11-2)8-12-10(14)5-6-13(3)4/h9,11H,5-8H2,1-4H3,(H,12,14). The van der Waals surface area contributed by atoms with Crippen molar-refractivity contribution in [1.82, 2.24) is 15.5 Å². The Kier molecular flexibility index (Phi) is 7.42. The second-order valence-electron chi connectivity index (χ2n) is 4.02. The fourth-order valence-corrected chi connectivity index (χ4v) is 1.12. The lowest BCUT2D eigenvalue weighted by Gasteiger charge is -2.13. The quantitative estimate of drug-likeness (QED) is 0.605. The maximum atomic E-state index is 11.3. The van der Waals surface area contributed by atoms with Gasteiger partial charge in [-0.2, -0.15) is 0 Å². The van der Waals surface area contributed by atoms with E-state index in [1.165, 1.54) is 0 Å². The first-order valence-electron chi connectivity index (χ1n) is 5.12. The molecule has 1 atom stereocenters. The summed E-state index contributed by atoms with van der Waals surface area (Å²) in [6.07, 6.45) is 0.583. The van der Waals surface area contributed by atoms with Crippen LogP contribution in [-0.4, -0.2) is 51.6 Å². The molecule has 0 bridgehead atoms. The molecule has 0 heterocycles. The van der Waals surface area contributed by atoms with E-state index in [1.807, 2.05) is 26.0 Å². The average Bonchev–Trinajstić information content (AvgIpc) is 2.12. The molecule has 1 amide bonds. The Morgan fingerprint density at radius 2 is 2.00 bits per heavy atom. The fraction of sp³-hybridized carbons (Fsp3) is 0.900. The summed E-state index contributed by atoms with van der Waals surface area (Å²) in [6, 6.07) is 0. The number of rotatable bonds is 7. The third kappa shape index (κ3) is 8.01. The summed E-state index contributed by atoms with van der Waals surface area (Å²) >= 11 is 0. The molecule has 1 unspecified atom stereocenters. The Morgan fingerprint density at radius 3 is 2.50 bits per heavy atom. The van der Waals surface area contributed by atoms with Crippen LogP contribution in [0.1, 0.15) is 13.3 Å². The van der Waals surface area contributed by atoms with Gasteiger partial charge in [-0.3, -0.25) is 4.79 Å². The summed E-state index contributed by atoms with van der Waals surface area (Å²) in [7, 11) is 5.86. The molecule has 0 aromatic carbocycles. The summed E-state index contributed by atoms with van der Waals surface area (Å²) in [4.78, 5) is 13.3. The highest BCUT2D eigenvalue weighted by Crippen LogP contribution is 1.90. The molecule has 2 N–H and O–H groups in total. The third-order valence-corrected chi connectivity index (χ3v) is 1.99. The number of carbonyl (C=O) groups excluding carboxylic acids is 1. The minimum absolute atomic E-state index is 0.140. The number of hydrogen-bond donors (Lipinski definition) is 2. The molecular weight excluding hydrogens is 178 g/mol. The first-order chi connectivity index (χ1) is 6.56. The van der Waals surface area contributed by atoms with Gasteiger partial charge in [0.25, 0.3) is 0 Å². The van der Waals surface area contributed by atoms with Gasteiger partial charge in [0.2, 0.25) is 5.91 Å². The molecule has 0 aliphatic rings. The lowest BCUT2D eigenvalue weighted by molar-refractivity contribution is -0.121. The molecular formula is C10H23N3O. The molecule has 0 fully saturated rings. The third-order valence-electron chi connectivity index (χ3n) is 1.99. The topological polar surface area (TPSA) is 44.4 Å². The maximum absolute atomic E-state index is 11.3. The van der Waals surface area contributed by atoms with Crippen molar-refractivity contribution in [2.24, 2.45) is 5.92 Å². The number of hydrogen-bond acceptors (Lipinski definition) is 3. The molecule has 0 aliphatic carbocycles. The van der Waals surface area contributed by atoms with Gasteiger partial charge < -0.3 is 15.5 Å². The lowest BCUT2D eigenvalue weighted by atomic mass is 10.2. The first-order valence-corrected chi connectivity index (χ1v) is 5.12. The van der Waals surface area contributed by atoms with Gasteiger partial charge in [0.1, 0.15) is 0 Å². The summed E-state index contributed by atoms with van der Waals surface area (Å²) in [5.41, 5.74) is 0. The van der Waals surface area contributed by atoms with E-state index in [9.17, 15) is 4.79 Å². The molecule has 0 aromatic rings. The smallest absolute Gasteiger partial charge is 0.221 e. The Hall–Kier alpha value is -0.610. The number of nitrogens with one attached hydrogen (secondary N) is 2. The molecule has 0 spiro atoms. The van der Waals surface area contributed by atoms with E-state index in [4.69, 9.17) is 0 Å². The van der Waals surface area contributed by atoms with Crippen molar-refractivity contribution >= 4 is 5.91 Å². The summed E-state index contributed by atoms with van der Waals surface area (Å²) in [5, 5.41) is 6.00. The molecule has 0 aromatic heterocycles. The van der Waals surface area contributed by atoms with Crippen LogP contribution in [0.4, 0.5) is 0 Å². The fourth-order valence-electron chi connectivity index (χ4n) is 1.12. The van der Waals surface area contributed by atoms with E-state index in [0.717, 1.165) is 19.6 Å². The minimum Gasteiger partial charge on any atom is -0.356 e. The first kappa shape index (κ1) is 13.4. The predicted octanol–water partition coefficient (Wildman–Crippen LogP) is -0.0902. The number of nitrogens with zero attached hydrogens (tertiary/aromatic N) is 1. The monoisotopic (exact) mass is 201 g/mol. The van der Waals surface area contributed by atoms with E-state index in [-0.39, 0.29) is 5.91 Å². The molecule has 14 heavy (non-hydrogen) atoms. The van der Waals surface area contributed by atoms with Crippen LogP contribution in [0.25, 0.3) is 0 Å². The van der Waals surface area contributed by atoms with Crippen molar-refractivity contribution in [3.63, 3.8) is 0 Å². The molecule has 0 saturated carbocycles. The van der Waals surface area contributed by atoms with E-state index in [0.29, 0.717) is 12.3 Å². The van der Waals surface area contributed by atoms with Crippen molar-refractivity contribution in [2.75, 3.05) is 40.8 Å². The van der Waals surface area contributed by atoms with Crippen LogP contribution >= 0.6 is 0 Å². The van der Waals surface area contributed by atoms with Crippen molar-refractivity contribution in [3.05, 3.63) is 0 Å². The number of carbonyl (C=O) groups is 1. The van der Waals surface area contributed by atoms with Crippen LogP contribution in [0.15, 0.2) is 0 Å². The number of amides is 1. The zero-order chi connectivity index (χ0) is 11.0. The molecule has 0 rings (SSSR count). The maximum Gasteiger partial charge on any atom is 0.221 e. The molecule has 4 nitrogen and oxygen atoms in total. The Labute approximate surface area is 87.0 Å². The van der Waals surface area contributed by atoms with Crippen LogP contribution in [0.2, 0.25) is 0 Å². The SMILES string of the molecule is CNCC(C)CNC(=O)CCN(C)C. The van der Waals surface area contributed by atoms with Crippen LogP contribution in [0.3, 0.4) is 0 Å². The predicted molar refractivity (Wildman–Crippen MR) is 59.3 cm³/mol. The summed E-state index contributed by atoms with van der Waals surface area (Å²) < 4.78 is 0. The highest BCUT2D eigenvalue weighted by Gasteiger charge is 2.04. The van der Waals surface area contributed by atoms with Gasteiger partial charge in [-0.25, -0.2) is 0 Å². The van der Waals surface area contributed by atoms with Crippen LogP contribution < -0.4 is 10.6 Å². The zero-order valence-corrected chi connectivity index (χ0v) is 9.76. The van der Waals surface area contributed by atoms with Gasteiger partial charge >= 0.3 is 0 Å². The molecule has 0 radical (unpaired) electrons. The Bertz CT molecular complexity index is 159. The van der Waals surface area contributed by atoms with Crippen molar-refractivity contribution in [3.8, 4) is 0 Å². The van der Waals surface area contributed by atoms with Gasteiger partial charge in [0.15, 0.2) is 0 Å². The molecule has 84 valence electrons. The summed E-state index contributed by atoms with van der Waals surface area (Å²) in [6.45, 7) is 4.62. The van der Waals surface area contributed by atoms with Gasteiger partial charge in [-0.1, -0.05) is 6.92 Å². The van der Waals surface area contributed by atoms with E-state index < -0.39 is 0 Å². The average molecular weight is 201 g/mol. The minimum atomic E-state index is 0.140. The molecule has 0 saturated heterocycles. The van der Waals surface area contributed by atoms with Crippen LogP contribution in [-0.2, 0) is 4.79 Å². The van der Waals surface area contributed by atoms with E-state index >= 15 is 0 Å². The van der Waals surface area contributed by atoms with Crippen molar-refractivity contribution in [2.45, 2.75) is 13.3 Å². The van der Waals surface area contributed by atoms with Gasteiger partial charge in [-0.05, 0) is 33.6 Å². The van der Waals surface area contributed by atoms with E-state index in [2.05, 4.69) is 17.6 Å². The second-order valence-corrected chi connectivity index (χ2v) is 4.02. The summed E-state index contributed by atoms with van der Waals surface area (Å²) in [5.74, 6) is 0.630. The molecule has 4 heteroatoms. The highest BCUT2D eigenvalue weighted by atomic mass is 16.1. The zero-order valence-electron chi connectivity index (χ0n) is 9.76. The largest absolute Gasteiger partial charge is 0.356 e. The highest BCUT2D eigenvalue weighted by molar-refractivity contribution is 5.76. The Morgan fingerprint density at radius 1 is 1.36 bits per heavy atom. The second kappa shape index (κ2) is 7.76. The van der Waals surface area contributed by atoms with Crippen molar-refractivity contribution < 1.29 is 4.79 Å². The normalized spacial score (nSPS) is 12.9.